The van der Waals surface area contributed by atoms with E-state index in [-0.39, 0.29) is 17.6 Å². The summed E-state index contributed by atoms with van der Waals surface area (Å²) in [6, 6.07) is 8.61. The van der Waals surface area contributed by atoms with Crippen LogP contribution in [0, 0.1) is 0 Å². The van der Waals surface area contributed by atoms with Gasteiger partial charge in [0.15, 0.2) is 11.5 Å². The molecule has 2 aliphatic heterocycles. The summed E-state index contributed by atoms with van der Waals surface area (Å²) in [5.74, 6) is 0.177. The zero-order valence-electron chi connectivity index (χ0n) is 14.1. The molecular weight excluding hydrogens is 336 g/mol. The average Bonchev–Trinajstić information content (AvgIpc) is 3.17. The fourth-order valence-electron chi connectivity index (χ4n) is 3.44. The fraction of sp³-hybridized carbons (Fsp3) is 0.316. The number of fused-ring (bicyclic) bond motifs is 1. The van der Waals surface area contributed by atoms with Crippen molar-refractivity contribution in [2.45, 2.75) is 18.9 Å². The Balaban J connectivity index is 1.58. The highest BCUT2D eigenvalue weighted by Gasteiger charge is 2.31. The van der Waals surface area contributed by atoms with Gasteiger partial charge in [0.1, 0.15) is 18.9 Å². The molecule has 7 heteroatoms. The Kier molecular flexibility index (Phi) is 4.20. The van der Waals surface area contributed by atoms with Crippen LogP contribution in [0.25, 0.3) is 0 Å². The van der Waals surface area contributed by atoms with Crippen molar-refractivity contribution in [3.63, 3.8) is 0 Å². The summed E-state index contributed by atoms with van der Waals surface area (Å²) in [5.41, 5.74) is 1.32. The van der Waals surface area contributed by atoms with E-state index < -0.39 is 5.97 Å². The van der Waals surface area contributed by atoms with Crippen molar-refractivity contribution in [3.8, 4) is 11.5 Å². The molecule has 2 aliphatic rings. The quantitative estimate of drug-likeness (QED) is 0.911. The minimum absolute atomic E-state index is 0.0440. The number of carboxylic acid groups (broad SMARTS) is 1. The van der Waals surface area contributed by atoms with E-state index in [1.165, 1.54) is 18.3 Å². The van der Waals surface area contributed by atoms with Crippen LogP contribution < -0.4 is 9.47 Å². The molecule has 1 N–H and O–H groups in total. The van der Waals surface area contributed by atoms with Gasteiger partial charge >= 0.3 is 5.97 Å². The Morgan fingerprint density at radius 3 is 2.65 bits per heavy atom. The van der Waals surface area contributed by atoms with Gasteiger partial charge in [-0.15, -0.1) is 0 Å². The maximum Gasteiger partial charge on any atom is 0.354 e. The standard InChI is InChI=1S/C19H18N2O5/c22-18(13-3-5-14(19(23)24)20-11-13)21-7-1-2-15(21)12-4-6-16-17(10-12)26-9-8-25-16/h3-6,10-11,15H,1-2,7-9H2,(H,23,24)/t15-/m0/s1. The molecular formula is C19H18N2O5. The highest BCUT2D eigenvalue weighted by Crippen LogP contribution is 2.38. The van der Waals surface area contributed by atoms with Crippen molar-refractivity contribution in [1.29, 1.82) is 0 Å². The molecule has 7 nitrogen and oxygen atoms in total. The number of aromatic carboxylic acids is 1. The average molecular weight is 354 g/mol. The predicted molar refractivity (Wildman–Crippen MR) is 91.6 cm³/mol. The number of amides is 1. The molecule has 3 heterocycles. The number of aromatic nitrogens is 1. The number of carbonyl (C=O) groups excluding carboxylic acids is 1. The lowest BCUT2D eigenvalue weighted by Crippen LogP contribution is -2.30. The van der Waals surface area contributed by atoms with Crippen LogP contribution in [0.1, 0.15) is 45.3 Å². The highest BCUT2D eigenvalue weighted by atomic mass is 16.6. The molecule has 1 saturated heterocycles. The van der Waals surface area contributed by atoms with E-state index in [0.717, 1.165) is 24.2 Å². The summed E-state index contributed by atoms with van der Waals surface area (Å²) in [7, 11) is 0. The molecule has 0 radical (unpaired) electrons. The molecule has 1 aromatic carbocycles. The van der Waals surface area contributed by atoms with E-state index in [1.54, 1.807) is 0 Å². The summed E-state index contributed by atoms with van der Waals surface area (Å²) in [5, 5.41) is 8.93. The Labute approximate surface area is 150 Å². The number of carbonyl (C=O) groups is 2. The van der Waals surface area contributed by atoms with E-state index in [9.17, 15) is 9.59 Å². The molecule has 4 rings (SSSR count). The Morgan fingerprint density at radius 2 is 1.92 bits per heavy atom. The number of hydrogen-bond acceptors (Lipinski definition) is 5. The monoisotopic (exact) mass is 354 g/mol. The third-order valence-electron chi connectivity index (χ3n) is 4.69. The van der Waals surface area contributed by atoms with Gasteiger partial charge in [-0.1, -0.05) is 6.07 Å². The van der Waals surface area contributed by atoms with Gasteiger partial charge in [0.25, 0.3) is 5.91 Å². The maximum atomic E-state index is 12.9. The summed E-state index contributed by atoms with van der Waals surface area (Å²) in [6.07, 6.45) is 3.10. The Bertz CT molecular complexity index is 850. The molecule has 1 fully saturated rings. The van der Waals surface area contributed by atoms with Crippen molar-refractivity contribution in [3.05, 3.63) is 53.3 Å². The molecule has 134 valence electrons. The van der Waals surface area contributed by atoms with Gasteiger partial charge in [0.05, 0.1) is 11.6 Å². The first-order valence-corrected chi connectivity index (χ1v) is 8.53. The van der Waals surface area contributed by atoms with E-state index in [2.05, 4.69) is 4.98 Å². The SMILES string of the molecule is O=C(O)c1ccc(C(=O)N2CCC[C@H]2c2ccc3c(c2)OCCO3)cn1. The fourth-order valence-corrected chi connectivity index (χ4v) is 3.44. The molecule has 0 aliphatic carbocycles. The van der Waals surface area contributed by atoms with Crippen LogP contribution >= 0.6 is 0 Å². The number of pyridine rings is 1. The third kappa shape index (κ3) is 2.96. The Hall–Kier alpha value is -3.09. The first-order valence-electron chi connectivity index (χ1n) is 8.53. The van der Waals surface area contributed by atoms with Gasteiger partial charge in [0, 0.05) is 12.7 Å². The van der Waals surface area contributed by atoms with Gasteiger partial charge in [-0.25, -0.2) is 9.78 Å². The van der Waals surface area contributed by atoms with Crippen molar-refractivity contribution in [2.75, 3.05) is 19.8 Å². The van der Waals surface area contributed by atoms with Gasteiger partial charge in [0.2, 0.25) is 0 Å². The lowest BCUT2D eigenvalue weighted by Gasteiger charge is -2.26. The van der Waals surface area contributed by atoms with Crippen LogP contribution in [0.2, 0.25) is 0 Å². The minimum atomic E-state index is -1.11. The van der Waals surface area contributed by atoms with Gasteiger partial charge < -0.3 is 19.5 Å². The molecule has 1 amide bonds. The lowest BCUT2D eigenvalue weighted by atomic mass is 10.0. The molecule has 2 aromatic rings. The minimum Gasteiger partial charge on any atom is -0.486 e. The summed E-state index contributed by atoms with van der Waals surface area (Å²) in [4.78, 5) is 29.4. The van der Waals surface area contributed by atoms with Gasteiger partial charge in [-0.2, -0.15) is 0 Å². The normalized spacial score (nSPS) is 18.6. The number of carboxylic acids is 1. The summed E-state index contributed by atoms with van der Waals surface area (Å²) >= 11 is 0. The van der Waals surface area contributed by atoms with Crippen LogP contribution in [-0.2, 0) is 0 Å². The molecule has 0 unspecified atom stereocenters. The first kappa shape index (κ1) is 16.4. The van der Waals surface area contributed by atoms with Crippen LogP contribution in [0.4, 0.5) is 0 Å². The van der Waals surface area contributed by atoms with E-state index >= 15 is 0 Å². The highest BCUT2D eigenvalue weighted by molar-refractivity contribution is 5.95. The summed E-state index contributed by atoms with van der Waals surface area (Å²) in [6.45, 7) is 1.71. The number of likely N-dealkylation sites (tertiary alicyclic amines) is 1. The molecule has 1 aromatic heterocycles. The number of rotatable bonds is 3. The third-order valence-corrected chi connectivity index (χ3v) is 4.69. The lowest BCUT2D eigenvalue weighted by molar-refractivity contribution is 0.0685. The van der Waals surface area contributed by atoms with Crippen LogP contribution in [0.3, 0.4) is 0 Å². The second-order valence-electron chi connectivity index (χ2n) is 6.30. The van der Waals surface area contributed by atoms with Crippen molar-refractivity contribution >= 4 is 11.9 Å². The number of hydrogen-bond donors (Lipinski definition) is 1. The van der Waals surface area contributed by atoms with Crippen LogP contribution in [-0.4, -0.2) is 46.6 Å². The number of benzene rings is 1. The molecule has 0 bridgehead atoms. The van der Waals surface area contributed by atoms with Crippen molar-refractivity contribution in [2.24, 2.45) is 0 Å². The van der Waals surface area contributed by atoms with Crippen molar-refractivity contribution < 1.29 is 24.2 Å². The van der Waals surface area contributed by atoms with E-state index in [4.69, 9.17) is 14.6 Å². The second kappa shape index (κ2) is 6.67. The van der Waals surface area contributed by atoms with Gasteiger partial charge in [-0.05, 0) is 42.7 Å². The molecule has 26 heavy (non-hydrogen) atoms. The second-order valence-corrected chi connectivity index (χ2v) is 6.30. The predicted octanol–water partition coefficient (Wildman–Crippen LogP) is 2.53. The Morgan fingerprint density at radius 1 is 1.12 bits per heavy atom. The summed E-state index contributed by atoms with van der Waals surface area (Å²) < 4.78 is 11.2. The maximum absolute atomic E-state index is 12.9. The number of nitrogens with zero attached hydrogens (tertiary/aromatic N) is 2. The van der Waals surface area contributed by atoms with E-state index in [0.29, 0.717) is 31.1 Å². The first-order chi connectivity index (χ1) is 12.6. The molecule has 1 atom stereocenters. The topological polar surface area (TPSA) is 89.0 Å². The zero-order chi connectivity index (χ0) is 18.1. The largest absolute Gasteiger partial charge is 0.486 e. The van der Waals surface area contributed by atoms with Crippen molar-refractivity contribution in [1.82, 2.24) is 9.88 Å². The molecule has 0 saturated carbocycles. The van der Waals surface area contributed by atoms with Crippen LogP contribution in [0.15, 0.2) is 36.5 Å². The zero-order valence-corrected chi connectivity index (χ0v) is 14.1. The smallest absolute Gasteiger partial charge is 0.354 e. The number of ether oxygens (including phenoxy) is 2. The molecule has 0 spiro atoms. The van der Waals surface area contributed by atoms with Crippen LogP contribution in [0.5, 0.6) is 11.5 Å². The van der Waals surface area contributed by atoms with E-state index in [1.807, 2.05) is 23.1 Å². The van der Waals surface area contributed by atoms with Gasteiger partial charge in [-0.3, -0.25) is 4.79 Å².